The first-order valence-corrected chi connectivity index (χ1v) is 6.46. The Morgan fingerprint density at radius 2 is 2.12 bits per heavy atom. The number of hydrogen-bond donors (Lipinski definition) is 0. The van der Waals surface area contributed by atoms with Crippen molar-refractivity contribution in [2.45, 2.75) is 6.42 Å². The molecule has 1 heterocycles. The summed E-state index contributed by atoms with van der Waals surface area (Å²) in [7, 11) is 0. The summed E-state index contributed by atoms with van der Waals surface area (Å²) in [6.07, 6.45) is 3.46. The monoisotopic (exact) mass is 312 g/mol. The largest absolute Gasteiger partial charge is 0.471 e. The molecule has 0 aliphatic carbocycles. The average molecular weight is 314 g/mol. The molecule has 0 unspecified atom stereocenters. The van der Waals surface area contributed by atoms with Gasteiger partial charge in [-0.1, -0.05) is 28.1 Å². The van der Waals surface area contributed by atoms with E-state index < -0.39 is 0 Å². The zero-order chi connectivity index (χ0) is 12.3. The summed E-state index contributed by atoms with van der Waals surface area (Å²) in [6.45, 7) is 0. The Morgan fingerprint density at radius 3 is 2.82 bits per heavy atom. The van der Waals surface area contributed by atoms with Crippen molar-refractivity contribution in [3.8, 4) is 11.1 Å². The van der Waals surface area contributed by atoms with Gasteiger partial charge in [0.25, 0.3) is 0 Å². The van der Waals surface area contributed by atoms with Gasteiger partial charge in [0.2, 0.25) is 0 Å². The van der Waals surface area contributed by atoms with Gasteiger partial charge in [0.05, 0.1) is 11.8 Å². The highest BCUT2D eigenvalue weighted by molar-refractivity contribution is 9.10. The average Bonchev–Trinajstić information content (AvgIpc) is 2.32. The molecule has 0 bridgehead atoms. The number of aryl methyl sites for hydroxylation is 1. The summed E-state index contributed by atoms with van der Waals surface area (Å²) in [4.78, 5) is 12.1. The Labute approximate surface area is 112 Å². The lowest BCUT2D eigenvalue weighted by Gasteiger charge is -2.03. The predicted octanol–water partition coefficient (Wildman–Crippen LogP) is 3.85. The highest BCUT2D eigenvalue weighted by Crippen LogP contribution is 2.20. The molecule has 0 aliphatic rings. The van der Waals surface area contributed by atoms with Gasteiger partial charge >= 0.3 is 0 Å². The van der Waals surface area contributed by atoms with Crippen molar-refractivity contribution >= 4 is 27.5 Å². The van der Waals surface area contributed by atoms with Crippen molar-refractivity contribution in [1.29, 1.82) is 0 Å². The summed E-state index contributed by atoms with van der Waals surface area (Å²) in [5, 5.41) is 0. The summed E-state index contributed by atoms with van der Waals surface area (Å²) < 4.78 is 6.12. The van der Waals surface area contributed by atoms with Crippen LogP contribution in [0.15, 0.2) is 50.5 Å². The first kappa shape index (κ1) is 12.4. The Morgan fingerprint density at radius 1 is 1.29 bits per heavy atom. The molecule has 0 saturated heterocycles. The van der Waals surface area contributed by atoms with E-state index in [0.717, 1.165) is 10.0 Å². The molecule has 0 amide bonds. The van der Waals surface area contributed by atoms with E-state index in [2.05, 4.69) is 15.9 Å². The smallest absolute Gasteiger partial charge is 0.195 e. The molecule has 4 heteroatoms. The maximum atomic E-state index is 12.1. The molecule has 1 aromatic heterocycles. The molecule has 1 aromatic carbocycles. The van der Waals surface area contributed by atoms with Gasteiger partial charge in [0.1, 0.15) is 6.26 Å². The standard InChI is InChI=1S/C13H10BrClO2/c14-11-3-1-2-9(6-11)12-8-17-7-10(4-5-15)13(12)16/h1-3,6-8H,4-5H2. The first-order valence-electron chi connectivity index (χ1n) is 5.13. The molecule has 17 heavy (non-hydrogen) atoms. The van der Waals surface area contributed by atoms with Crippen molar-refractivity contribution < 1.29 is 4.42 Å². The van der Waals surface area contributed by atoms with Crippen LogP contribution < -0.4 is 5.43 Å². The fourth-order valence-electron chi connectivity index (χ4n) is 1.59. The van der Waals surface area contributed by atoms with E-state index in [1.165, 1.54) is 12.5 Å². The summed E-state index contributed by atoms with van der Waals surface area (Å²) >= 11 is 9.02. The van der Waals surface area contributed by atoms with Crippen molar-refractivity contribution in [3.63, 3.8) is 0 Å². The van der Waals surface area contributed by atoms with Gasteiger partial charge in [-0.25, -0.2) is 0 Å². The Kier molecular flexibility index (Phi) is 4.02. The lowest BCUT2D eigenvalue weighted by atomic mass is 10.1. The minimum atomic E-state index is -0.0185. The van der Waals surface area contributed by atoms with E-state index in [1.54, 1.807) is 0 Å². The van der Waals surface area contributed by atoms with Crippen LogP contribution in [0, 0.1) is 0 Å². The number of alkyl halides is 1. The Balaban J connectivity index is 2.53. The van der Waals surface area contributed by atoms with Crippen molar-refractivity contribution in [2.24, 2.45) is 0 Å². The summed E-state index contributed by atoms with van der Waals surface area (Å²) in [5.74, 6) is 0.409. The SMILES string of the molecule is O=c1c(CCCl)cocc1-c1cccc(Br)c1. The summed E-state index contributed by atoms with van der Waals surface area (Å²) in [5.41, 5.74) is 1.99. The second-order valence-corrected chi connectivity index (χ2v) is 4.88. The van der Waals surface area contributed by atoms with Crippen LogP contribution in [0.4, 0.5) is 0 Å². The quantitative estimate of drug-likeness (QED) is 0.806. The fourth-order valence-corrected chi connectivity index (χ4v) is 2.20. The van der Waals surface area contributed by atoms with Crippen LogP contribution in [0.3, 0.4) is 0 Å². The van der Waals surface area contributed by atoms with Gasteiger partial charge in [0.15, 0.2) is 5.43 Å². The Hall–Kier alpha value is -1.06. The maximum Gasteiger partial charge on any atom is 0.195 e. The van der Waals surface area contributed by atoms with Crippen LogP contribution >= 0.6 is 27.5 Å². The van der Waals surface area contributed by atoms with Gasteiger partial charge in [-0.2, -0.15) is 0 Å². The van der Waals surface area contributed by atoms with Crippen LogP contribution in [-0.4, -0.2) is 5.88 Å². The highest BCUT2D eigenvalue weighted by Gasteiger charge is 2.08. The van der Waals surface area contributed by atoms with E-state index in [1.807, 2.05) is 24.3 Å². The van der Waals surface area contributed by atoms with E-state index in [9.17, 15) is 4.79 Å². The van der Waals surface area contributed by atoms with Crippen LogP contribution in [-0.2, 0) is 6.42 Å². The van der Waals surface area contributed by atoms with E-state index in [0.29, 0.717) is 23.4 Å². The normalized spacial score (nSPS) is 10.5. The third-order valence-electron chi connectivity index (χ3n) is 2.43. The lowest BCUT2D eigenvalue weighted by molar-refractivity contribution is 0.543. The van der Waals surface area contributed by atoms with E-state index in [4.69, 9.17) is 16.0 Å². The molecule has 0 fully saturated rings. The molecule has 0 N–H and O–H groups in total. The molecule has 0 atom stereocenters. The zero-order valence-corrected chi connectivity index (χ0v) is 11.3. The zero-order valence-electron chi connectivity index (χ0n) is 8.95. The van der Waals surface area contributed by atoms with Gasteiger partial charge in [-0.05, 0) is 24.1 Å². The van der Waals surface area contributed by atoms with Crippen LogP contribution in [0.25, 0.3) is 11.1 Å². The van der Waals surface area contributed by atoms with Crippen LogP contribution in [0.2, 0.25) is 0 Å². The second-order valence-electron chi connectivity index (χ2n) is 3.59. The van der Waals surface area contributed by atoms with Crippen molar-refractivity contribution in [3.05, 3.63) is 57.1 Å². The maximum absolute atomic E-state index is 12.1. The Bertz CT molecular complexity index is 578. The van der Waals surface area contributed by atoms with Crippen LogP contribution in [0.5, 0.6) is 0 Å². The lowest BCUT2D eigenvalue weighted by Crippen LogP contribution is -2.11. The molecule has 2 rings (SSSR count). The summed E-state index contributed by atoms with van der Waals surface area (Å²) in [6, 6.07) is 7.55. The molecule has 0 spiro atoms. The van der Waals surface area contributed by atoms with Gasteiger partial charge in [-0.3, -0.25) is 4.79 Å². The van der Waals surface area contributed by atoms with Crippen molar-refractivity contribution in [2.75, 3.05) is 5.88 Å². The van der Waals surface area contributed by atoms with Gasteiger partial charge in [-0.15, -0.1) is 11.6 Å². The second kappa shape index (κ2) is 5.52. The highest BCUT2D eigenvalue weighted by atomic mass is 79.9. The minimum absolute atomic E-state index is 0.0185. The topological polar surface area (TPSA) is 30.2 Å². The third kappa shape index (κ3) is 2.79. The minimum Gasteiger partial charge on any atom is -0.471 e. The molecule has 0 saturated carbocycles. The fraction of sp³-hybridized carbons (Fsp3) is 0.154. The molecular weight excluding hydrogens is 303 g/mol. The van der Waals surface area contributed by atoms with Gasteiger partial charge < -0.3 is 4.42 Å². The first-order chi connectivity index (χ1) is 8.22. The van der Waals surface area contributed by atoms with E-state index >= 15 is 0 Å². The molecule has 2 aromatic rings. The molecule has 0 radical (unpaired) electrons. The predicted molar refractivity (Wildman–Crippen MR) is 72.5 cm³/mol. The number of hydrogen-bond acceptors (Lipinski definition) is 2. The molecule has 88 valence electrons. The molecule has 2 nitrogen and oxygen atoms in total. The third-order valence-corrected chi connectivity index (χ3v) is 3.11. The number of benzene rings is 1. The molecular formula is C13H10BrClO2. The van der Waals surface area contributed by atoms with Crippen molar-refractivity contribution in [1.82, 2.24) is 0 Å². The van der Waals surface area contributed by atoms with E-state index in [-0.39, 0.29) is 5.43 Å². The van der Waals surface area contributed by atoms with Crippen LogP contribution in [0.1, 0.15) is 5.56 Å². The molecule has 0 aliphatic heterocycles. The van der Waals surface area contributed by atoms with Gasteiger partial charge in [0, 0.05) is 15.9 Å². The number of rotatable bonds is 3. The number of halogens is 2.